The molecule has 3 aromatic rings. The van der Waals surface area contributed by atoms with E-state index in [2.05, 4.69) is 0 Å². The van der Waals surface area contributed by atoms with Gasteiger partial charge in [-0.15, -0.1) is 0 Å². The highest BCUT2D eigenvalue weighted by Gasteiger charge is 2.24. The molecule has 0 aliphatic carbocycles. The second-order valence-corrected chi connectivity index (χ2v) is 5.21. The number of fused-ring (bicyclic) bond motifs is 5. The van der Waals surface area contributed by atoms with Gasteiger partial charge in [-0.25, -0.2) is 4.79 Å². The van der Waals surface area contributed by atoms with Crippen molar-refractivity contribution >= 4 is 11.0 Å². The van der Waals surface area contributed by atoms with Gasteiger partial charge in [-0.2, -0.15) is 0 Å². The first-order valence-electron chi connectivity index (χ1n) is 6.66. The zero-order chi connectivity index (χ0) is 14.6. The van der Waals surface area contributed by atoms with Gasteiger partial charge < -0.3 is 14.3 Å². The van der Waals surface area contributed by atoms with E-state index in [1.807, 2.05) is 25.1 Å². The van der Waals surface area contributed by atoms with Crippen molar-refractivity contribution in [3.05, 3.63) is 57.9 Å². The highest BCUT2D eigenvalue weighted by Crippen LogP contribution is 2.39. The van der Waals surface area contributed by atoms with E-state index < -0.39 is 5.63 Å². The molecule has 1 N–H and O–H groups in total. The van der Waals surface area contributed by atoms with Crippen molar-refractivity contribution < 1.29 is 14.3 Å². The molecule has 0 spiro atoms. The highest BCUT2D eigenvalue weighted by molar-refractivity contribution is 5.89. The fourth-order valence-electron chi connectivity index (χ4n) is 2.78. The van der Waals surface area contributed by atoms with E-state index in [0.29, 0.717) is 23.5 Å². The zero-order valence-electron chi connectivity index (χ0n) is 11.3. The average molecular weight is 280 g/mol. The molecule has 0 bridgehead atoms. The van der Waals surface area contributed by atoms with Crippen molar-refractivity contribution in [1.29, 1.82) is 0 Å². The van der Waals surface area contributed by atoms with Crippen LogP contribution in [0.15, 0.2) is 45.6 Å². The Bertz CT molecular complexity index is 937. The largest absolute Gasteiger partial charge is 0.508 e. The molecule has 0 unspecified atom stereocenters. The number of benzene rings is 2. The first-order valence-corrected chi connectivity index (χ1v) is 6.66. The van der Waals surface area contributed by atoms with Crippen LogP contribution < -0.4 is 10.4 Å². The number of aromatic hydroxyl groups is 1. The molecule has 21 heavy (non-hydrogen) atoms. The molecule has 0 saturated carbocycles. The van der Waals surface area contributed by atoms with Gasteiger partial charge >= 0.3 is 5.63 Å². The maximum absolute atomic E-state index is 12.3. The van der Waals surface area contributed by atoms with Gasteiger partial charge in [-0.3, -0.25) is 0 Å². The van der Waals surface area contributed by atoms with Crippen LogP contribution in [0.3, 0.4) is 0 Å². The molecule has 2 aromatic carbocycles. The predicted molar refractivity (Wildman–Crippen MR) is 78.7 cm³/mol. The maximum Gasteiger partial charge on any atom is 0.344 e. The monoisotopic (exact) mass is 280 g/mol. The molecule has 104 valence electrons. The van der Waals surface area contributed by atoms with E-state index in [0.717, 1.165) is 22.1 Å². The van der Waals surface area contributed by atoms with Crippen LogP contribution in [0.25, 0.3) is 22.1 Å². The summed E-state index contributed by atoms with van der Waals surface area (Å²) in [4.78, 5) is 12.3. The van der Waals surface area contributed by atoms with Crippen LogP contribution in [0.4, 0.5) is 0 Å². The first kappa shape index (κ1) is 12.0. The second-order valence-electron chi connectivity index (χ2n) is 5.21. The van der Waals surface area contributed by atoms with E-state index in [1.54, 1.807) is 12.1 Å². The standard InChI is InChI=1S/C17H12O4/c1-9-2-4-12-14(6-9)20-8-13-11-5-3-10(18)7-15(11)21-17(19)16(12)13/h2-7,18H,8H2,1H3. The molecule has 0 fully saturated rings. The Morgan fingerprint density at radius 2 is 2.00 bits per heavy atom. The van der Waals surface area contributed by atoms with Crippen LogP contribution in [-0.4, -0.2) is 5.11 Å². The highest BCUT2D eigenvalue weighted by atomic mass is 16.5. The predicted octanol–water partition coefficient (Wildman–Crippen LogP) is 3.37. The van der Waals surface area contributed by atoms with Crippen molar-refractivity contribution in [2.75, 3.05) is 0 Å². The Labute approximate surface area is 120 Å². The minimum atomic E-state index is -0.406. The Kier molecular flexibility index (Phi) is 2.36. The number of rotatable bonds is 0. The summed E-state index contributed by atoms with van der Waals surface area (Å²) in [6.45, 7) is 2.30. The maximum atomic E-state index is 12.3. The molecule has 1 aromatic heterocycles. The van der Waals surface area contributed by atoms with Crippen molar-refractivity contribution in [1.82, 2.24) is 0 Å². The van der Waals surface area contributed by atoms with E-state index in [4.69, 9.17) is 9.15 Å². The summed E-state index contributed by atoms with van der Waals surface area (Å²) >= 11 is 0. The van der Waals surface area contributed by atoms with Gasteiger partial charge in [0.1, 0.15) is 23.7 Å². The summed E-state index contributed by atoms with van der Waals surface area (Å²) in [5, 5.41) is 10.3. The number of hydrogen-bond acceptors (Lipinski definition) is 4. The minimum absolute atomic E-state index is 0.0679. The third kappa shape index (κ3) is 1.72. The van der Waals surface area contributed by atoms with Crippen LogP contribution in [-0.2, 0) is 6.61 Å². The zero-order valence-corrected chi connectivity index (χ0v) is 11.3. The topological polar surface area (TPSA) is 59.7 Å². The SMILES string of the molecule is Cc1ccc2c(c1)OCc1c-2c(=O)oc2cc(O)ccc12. The van der Waals surface area contributed by atoms with Gasteiger partial charge in [0.25, 0.3) is 0 Å². The van der Waals surface area contributed by atoms with E-state index in [9.17, 15) is 9.90 Å². The van der Waals surface area contributed by atoms with E-state index in [1.165, 1.54) is 6.07 Å². The van der Waals surface area contributed by atoms with E-state index >= 15 is 0 Å². The molecule has 1 aliphatic heterocycles. The number of phenolic OH excluding ortho intramolecular Hbond substituents is 1. The van der Waals surface area contributed by atoms with Gasteiger partial charge in [0.2, 0.25) is 0 Å². The molecule has 0 radical (unpaired) electrons. The number of aryl methyl sites for hydroxylation is 1. The molecule has 4 rings (SSSR count). The third-order valence-corrected chi connectivity index (χ3v) is 3.78. The normalized spacial score (nSPS) is 12.6. The second kappa shape index (κ2) is 4.12. The Balaban J connectivity index is 2.11. The van der Waals surface area contributed by atoms with Gasteiger partial charge in [-0.05, 0) is 30.7 Å². The summed E-state index contributed by atoms with van der Waals surface area (Å²) in [6.07, 6.45) is 0. The van der Waals surface area contributed by atoms with E-state index in [-0.39, 0.29) is 5.75 Å². The van der Waals surface area contributed by atoms with Crippen LogP contribution in [0.1, 0.15) is 11.1 Å². The van der Waals surface area contributed by atoms with Gasteiger partial charge in [-0.1, -0.05) is 12.1 Å². The fourth-order valence-corrected chi connectivity index (χ4v) is 2.78. The molecule has 4 heteroatoms. The molecule has 1 aliphatic rings. The van der Waals surface area contributed by atoms with Crippen LogP contribution in [0.5, 0.6) is 11.5 Å². The lowest BCUT2D eigenvalue weighted by Gasteiger charge is -2.21. The first-order chi connectivity index (χ1) is 10.1. The van der Waals surface area contributed by atoms with Crippen LogP contribution in [0, 0.1) is 6.92 Å². The molecule has 0 atom stereocenters. The lowest BCUT2D eigenvalue weighted by molar-refractivity contribution is 0.302. The molecule has 0 amide bonds. The van der Waals surface area contributed by atoms with Gasteiger partial charge in [0.05, 0.1) is 5.56 Å². The lowest BCUT2D eigenvalue weighted by Crippen LogP contribution is -2.15. The Morgan fingerprint density at radius 3 is 2.86 bits per heavy atom. The summed E-state index contributed by atoms with van der Waals surface area (Å²) in [5.74, 6) is 0.770. The van der Waals surface area contributed by atoms with Crippen LogP contribution >= 0.6 is 0 Å². The fraction of sp³-hybridized carbons (Fsp3) is 0.118. The van der Waals surface area contributed by atoms with Crippen LogP contribution in [0.2, 0.25) is 0 Å². The third-order valence-electron chi connectivity index (χ3n) is 3.78. The lowest BCUT2D eigenvalue weighted by atomic mass is 9.95. The summed E-state index contributed by atoms with van der Waals surface area (Å²) in [6, 6.07) is 10.5. The van der Waals surface area contributed by atoms with Crippen molar-refractivity contribution in [2.24, 2.45) is 0 Å². The number of phenols is 1. The quantitative estimate of drug-likeness (QED) is 0.641. The Hall–Kier alpha value is -2.75. The average Bonchev–Trinajstić information content (AvgIpc) is 2.46. The summed E-state index contributed by atoms with van der Waals surface area (Å²) in [7, 11) is 0. The molecular formula is C17H12O4. The molecule has 2 heterocycles. The number of ether oxygens (including phenoxy) is 1. The smallest absolute Gasteiger partial charge is 0.344 e. The van der Waals surface area contributed by atoms with Gasteiger partial charge in [0.15, 0.2) is 0 Å². The molecular weight excluding hydrogens is 268 g/mol. The molecule has 4 nitrogen and oxygen atoms in total. The van der Waals surface area contributed by atoms with Crippen molar-refractivity contribution in [2.45, 2.75) is 13.5 Å². The van der Waals surface area contributed by atoms with Gasteiger partial charge in [0, 0.05) is 22.6 Å². The summed E-state index contributed by atoms with van der Waals surface area (Å²) < 4.78 is 11.1. The minimum Gasteiger partial charge on any atom is -0.508 e. The van der Waals surface area contributed by atoms with Crippen molar-refractivity contribution in [3.8, 4) is 22.6 Å². The summed E-state index contributed by atoms with van der Waals surface area (Å²) in [5.41, 5.74) is 3.15. The Morgan fingerprint density at radius 1 is 1.14 bits per heavy atom. The van der Waals surface area contributed by atoms with Crippen molar-refractivity contribution in [3.63, 3.8) is 0 Å². The number of hydrogen-bond donors (Lipinski definition) is 1. The molecule has 0 saturated heterocycles.